The molecule has 1 unspecified atom stereocenters. The van der Waals surface area contributed by atoms with Gasteiger partial charge in [0.1, 0.15) is 6.04 Å². The van der Waals surface area contributed by atoms with Crippen LogP contribution in [0, 0.1) is 0 Å². The predicted octanol–water partition coefficient (Wildman–Crippen LogP) is 1.21. The Balaban J connectivity index is 1.76. The largest absolute Gasteiger partial charge is 0.453 e. The third-order valence-electron chi connectivity index (χ3n) is 3.76. The first kappa shape index (κ1) is 17.3. The average molecular weight is 339 g/mol. The number of amides is 3. The number of thiophene rings is 1. The van der Waals surface area contributed by atoms with Gasteiger partial charge in [0, 0.05) is 19.1 Å². The van der Waals surface area contributed by atoms with Crippen molar-refractivity contribution in [1.82, 2.24) is 15.5 Å². The number of ether oxygens (including phenoxy) is 1. The third kappa shape index (κ3) is 4.69. The molecule has 1 saturated heterocycles. The first-order chi connectivity index (χ1) is 11.0. The summed E-state index contributed by atoms with van der Waals surface area (Å²) in [6, 6.07) is 2.90. The molecule has 1 aliphatic rings. The summed E-state index contributed by atoms with van der Waals surface area (Å²) in [6.07, 6.45) is 1.00. The van der Waals surface area contributed by atoms with Crippen molar-refractivity contribution in [3.8, 4) is 0 Å². The zero-order valence-corrected chi connectivity index (χ0v) is 14.0. The summed E-state index contributed by atoms with van der Waals surface area (Å²) in [6.45, 7) is 2.76. The number of piperidine rings is 1. The SMILES string of the molecule is COC(=O)N1CCC(NC(=O)C(C)NC(=O)c2cccs2)CC1. The Morgan fingerprint density at radius 1 is 1.35 bits per heavy atom. The molecule has 2 N–H and O–H groups in total. The van der Waals surface area contributed by atoms with Gasteiger partial charge >= 0.3 is 6.09 Å². The van der Waals surface area contributed by atoms with Gasteiger partial charge in [0.2, 0.25) is 5.91 Å². The van der Waals surface area contributed by atoms with E-state index in [1.165, 1.54) is 18.4 Å². The first-order valence-corrected chi connectivity index (χ1v) is 8.37. The summed E-state index contributed by atoms with van der Waals surface area (Å²) in [5, 5.41) is 7.41. The summed E-state index contributed by atoms with van der Waals surface area (Å²) in [5.41, 5.74) is 0. The van der Waals surface area contributed by atoms with E-state index in [9.17, 15) is 14.4 Å². The number of rotatable bonds is 4. The van der Waals surface area contributed by atoms with Crippen LogP contribution < -0.4 is 10.6 Å². The summed E-state index contributed by atoms with van der Waals surface area (Å²) < 4.78 is 4.68. The van der Waals surface area contributed by atoms with Crippen molar-refractivity contribution in [2.45, 2.75) is 31.8 Å². The first-order valence-electron chi connectivity index (χ1n) is 7.49. The Morgan fingerprint density at radius 2 is 2.04 bits per heavy atom. The van der Waals surface area contributed by atoms with E-state index >= 15 is 0 Å². The Kier molecular flexibility index (Phi) is 5.97. The number of nitrogens with zero attached hydrogens (tertiary/aromatic N) is 1. The highest BCUT2D eigenvalue weighted by Crippen LogP contribution is 2.12. The third-order valence-corrected chi connectivity index (χ3v) is 4.63. The van der Waals surface area contributed by atoms with Crippen molar-refractivity contribution in [3.05, 3.63) is 22.4 Å². The van der Waals surface area contributed by atoms with E-state index in [0.29, 0.717) is 30.8 Å². The maximum Gasteiger partial charge on any atom is 0.409 e. The Hall–Kier alpha value is -2.09. The van der Waals surface area contributed by atoms with E-state index in [1.54, 1.807) is 24.0 Å². The fourth-order valence-electron chi connectivity index (χ4n) is 2.40. The van der Waals surface area contributed by atoms with E-state index in [2.05, 4.69) is 15.4 Å². The van der Waals surface area contributed by atoms with Gasteiger partial charge < -0.3 is 20.3 Å². The van der Waals surface area contributed by atoms with Gasteiger partial charge in [0.15, 0.2) is 0 Å². The molecular formula is C15H21N3O4S. The van der Waals surface area contributed by atoms with Crippen LogP contribution in [0.5, 0.6) is 0 Å². The molecular weight excluding hydrogens is 318 g/mol. The van der Waals surface area contributed by atoms with Crippen LogP contribution in [0.15, 0.2) is 17.5 Å². The predicted molar refractivity (Wildman–Crippen MR) is 86.4 cm³/mol. The Morgan fingerprint density at radius 3 is 2.61 bits per heavy atom. The molecule has 1 aromatic rings. The Bertz CT molecular complexity index is 553. The van der Waals surface area contributed by atoms with Gasteiger partial charge in [-0.2, -0.15) is 0 Å². The second-order valence-corrected chi connectivity index (χ2v) is 6.36. The lowest BCUT2D eigenvalue weighted by atomic mass is 10.0. The van der Waals surface area contributed by atoms with Crippen molar-refractivity contribution < 1.29 is 19.1 Å². The minimum absolute atomic E-state index is 0.00416. The maximum absolute atomic E-state index is 12.2. The van der Waals surface area contributed by atoms with Crippen molar-refractivity contribution in [3.63, 3.8) is 0 Å². The number of carbonyl (C=O) groups excluding carboxylic acids is 3. The van der Waals surface area contributed by atoms with Crippen LogP contribution in [-0.2, 0) is 9.53 Å². The van der Waals surface area contributed by atoms with E-state index < -0.39 is 6.04 Å². The molecule has 2 heterocycles. The summed E-state index contributed by atoms with van der Waals surface area (Å²) in [7, 11) is 1.36. The van der Waals surface area contributed by atoms with Gasteiger partial charge in [0.05, 0.1) is 12.0 Å². The minimum atomic E-state index is -0.608. The lowest BCUT2D eigenvalue weighted by Gasteiger charge is -2.31. The molecule has 1 fully saturated rings. The number of likely N-dealkylation sites (tertiary alicyclic amines) is 1. The van der Waals surface area contributed by atoms with Gasteiger partial charge in [-0.1, -0.05) is 6.07 Å². The van der Waals surface area contributed by atoms with Crippen LogP contribution in [0.3, 0.4) is 0 Å². The molecule has 23 heavy (non-hydrogen) atoms. The fraction of sp³-hybridized carbons (Fsp3) is 0.533. The summed E-state index contributed by atoms with van der Waals surface area (Å²) >= 11 is 1.33. The number of carbonyl (C=O) groups is 3. The number of nitrogens with one attached hydrogen (secondary N) is 2. The van der Waals surface area contributed by atoms with Gasteiger partial charge in [-0.25, -0.2) is 4.79 Å². The molecule has 0 radical (unpaired) electrons. The quantitative estimate of drug-likeness (QED) is 0.863. The van der Waals surface area contributed by atoms with Crippen LogP contribution in [0.4, 0.5) is 4.79 Å². The van der Waals surface area contributed by atoms with E-state index in [4.69, 9.17) is 0 Å². The molecule has 126 valence electrons. The zero-order chi connectivity index (χ0) is 16.8. The van der Waals surface area contributed by atoms with E-state index in [1.807, 2.05) is 5.38 Å². The molecule has 1 aromatic heterocycles. The molecule has 2 rings (SSSR count). The minimum Gasteiger partial charge on any atom is -0.453 e. The van der Waals surface area contributed by atoms with Crippen LogP contribution in [0.1, 0.15) is 29.4 Å². The highest BCUT2D eigenvalue weighted by atomic mass is 32.1. The standard InChI is InChI=1S/C15H21N3O4S/c1-10(16-14(20)12-4-3-9-23-12)13(19)17-11-5-7-18(8-6-11)15(21)22-2/h3-4,9-11H,5-8H2,1-2H3,(H,16,20)(H,17,19). The molecule has 0 bridgehead atoms. The van der Waals surface area contributed by atoms with Crippen LogP contribution >= 0.6 is 11.3 Å². The summed E-state index contributed by atoms with van der Waals surface area (Å²) in [4.78, 5) is 37.7. The molecule has 1 atom stereocenters. The number of hydrogen-bond acceptors (Lipinski definition) is 5. The van der Waals surface area contributed by atoms with Gasteiger partial charge in [-0.05, 0) is 31.2 Å². The molecule has 0 aromatic carbocycles. The van der Waals surface area contributed by atoms with Crippen molar-refractivity contribution in [2.24, 2.45) is 0 Å². The maximum atomic E-state index is 12.2. The van der Waals surface area contributed by atoms with Crippen LogP contribution in [-0.4, -0.2) is 55.1 Å². The van der Waals surface area contributed by atoms with E-state index in [-0.39, 0.29) is 23.9 Å². The monoisotopic (exact) mass is 339 g/mol. The highest BCUT2D eigenvalue weighted by molar-refractivity contribution is 7.12. The molecule has 7 nitrogen and oxygen atoms in total. The van der Waals surface area contributed by atoms with Gasteiger partial charge in [-0.3, -0.25) is 9.59 Å². The zero-order valence-electron chi connectivity index (χ0n) is 13.2. The smallest absolute Gasteiger partial charge is 0.409 e. The number of methoxy groups -OCH3 is 1. The second-order valence-electron chi connectivity index (χ2n) is 5.41. The molecule has 1 aliphatic heterocycles. The van der Waals surface area contributed by atoms with Crippen molar-refractivity contribution >= 4 is 29.2 Å². The lowest BCUT2D eigenvalue weighted by molar-refractivity contribution is -0.123. The second kappa shape index (κ2) is 7.96. The Labute approximate surface area is 139 Å². The number of hydrogen-bond donors (Lipinski definition) is 2. The van der Waals surface area contributed by atoms with Gasteiger partial charge in [-0.15, -0.1) is 11.3 Å². The van der Waals surface area contributed by atoms with Gasteiger partial charge in [0.25, 0.3) is 5.91 Å². The normalized spacial score (nSPS) is 16.5. The molecule has 0 spiro atoms. The van der Waals surface area contributed by atoms with Crippen molar-refractivity contribution in [1.29, 1.82) is 0 Å². The van der Waals surface area contributed by atoms with E-state index in [0.717, 1.165) is 0 Å². The summed E-state index contributed by atoms with van der Waals surface area (Å²) in [5.74, 6) is -0.463. The fourth-order valence-corrected chi connectivity index (χ4v) is 3.03. The van der Waals surface area contributed by atoms with Crippen LogP contribution in [0.2, 0.25) is 0 Å². The molecule has 0 aliphatic carbocycles. The van der Waals surface area contributed by atoms with Crippen LogP contribution in [0.25, 0.3) is 0 Å². The topological polar surface area (TPSA) is 87.7 Å². The molecule has 0 saturated carbocycles. The lowest BCUT2D eigenvalue weighted by Crippen LogP contribution is -2.51. The molecule has 8 heteroatoms. The highest BCUT2D eigenvalue weighted by Gasteiger charge is 2.26. The van der Waals surface area contributed by atoms with Crippen molar-refractivity contribution in [2.75, 3.05) is 20.2 Å². The molecule has 3 amide bonds. The average Bonchev–Trinajstić information content (AvgIpc) is 3.09.